The zero-order chi connectivity index (χ0) is 14.0. The Morgan fingerprint density at radius 3 is 1.47 bits per heavy atom. The highest BCUT2D eigenvalue weighted by Gasteiger charge is 1.79. The minimum Gasteiger partial charge on any atom is -0.397 e. The van der Waals surface area contributed by atoms with Crippen LogP contribution in [0.1, 0.15) is 20.8 Å². The van der Waals surface area contributed by atoms with E-state index in [0.29, 0.717) is 0 Å². The van der Waals surface area contributed by atoms with Crippen molar-refractivity contribution < 1.29 is 5.11 Å². The van der Waals surface area contributed by atoms with E-state index in [1.165, 1.54) is 11.8 Å². The van der Waals surface area contributed by atoms with E-state index in [-0.39, 0.29) is 29.3 Å². The van der Waals surface area contributed by atoms with Gasteiger partial charge in [0.25, 0.3) is 0 Å². The SMILES string of the molecule is CCBr.CCO.CCSC(=N)N.Cl.NC(N)=S. The second kappa shape index (κ2) is 36.0. The van der Waals surface area contributed by atoms with Crippen LogP contribution < -0.4 is 17.2 Å². The van der Waals surface area contributed by atoms with Crippen LogP contribution in [0.5, 0.6) is 0 Å². The van der Waals surface area contributed by atoms with Crippen LogP contribution in [0, 0.1) is 5.41 Å². The van der Waals surface area contributed by atoms with Gasteiger partial charge in [0, 0.05) is 11.9 Å². The molecule has 0 aliphatic carbocycles. The van der Waals surface area contributed by atoms with Crippen LogP contribution in [0.15, 0.2) is 0 Å². The number of hydrogen-bond donors (Lipinski definition) is 5. The normalized spacial score (nSPS) is 6.41. The lowest BCUT2D eigenvalue weighted by molar-refractivity contribution is 0.318. The molecule has 0 unspecified atom stereocenters. The molecule has 17 heavy (non-hydrogen) atoms. The number of thiocarbonyl (C=S) groups is 1. The third-order valence-electron chi connectivity index (χ3n) is 0.300. The van der Waals surface area contributed by atoms with Crippen molar-refractivity contribution in [3.05, 3.63) is 0 Å². The molecule has 0 saturated heterocycles. The Bertz CT molecular complexity index is 149. The van der Waals surface area contributed by atoms with Gasteiger partial charge in [-0.1, -0.05) is 41.5 Å². The highest BCUT2D eigenvalue weighted by Crippen LogP contribution is 1.92. The van der Waals surface area contributed by atoms with Gasteiger partial charge in [0.1, 0.15) is 0 Å². The number of nitrogens with one attached hydrogen (secondary N) is 1. The van der Waals surface area contributed by atoms with Crippen molar-refractivity contribution >= 4 is 62.6 Å². The lowest BCUT2D eigenvalue weighted by Crippen LogP contribution is -2.18. The monoisotopic (exact) mass is 370 g/mol. The van der Waals surface area contributed by atoms with Gasteiger partial charge in [-0.3, -0.25) is 5.41 Å². The number of nitrogens with two attached hydrogens (primary N) is 3. The molecule has 9 heteroatoms. The van der Waals surface area contributed by atoms with E-state index in [9.17, 15) is 0 Å². The first kappa shape index (κ1) is 30.3. The molecule has 0 aromatic heterocycles. The summed E-state index contributed by atoms with van der Waals surface area (Å²) >= 11 is 8.59. The summed E-state index contributed by atoms with van der Waals surface area (Å²) in [5, 5.41) is 15.5. The molecule has 5 nitrogen and oxygen atoms in total. The minimum atomic E-state index is 0. The molecule has 0 amide bonds. The van der Waals surface area contributed by atoms with Gasteiger partial charge in [-0.15, -0.1) is 12.4 Å². The third kappa shape index (κ3) is 314. The Balaban J connectivity index is -0.0000000388. The molecule has 0 bridgehead atoms. The van der Waals surface area contributed by atoms with Crippen LogP contribution in [-0.4, -0.2) is 33.1 Å². The van der Waals surface area contributed by atoms with E-state index in [0.717, 1.165) is 11.1 Å². The maximum atomic E-state index is 7.57. The van der Waals surface area contributed by atoms with Gasteiger partial charge in [0.15, 0.2) is 10.3 Å². The van der Waals surface area contributed by atoms with Crippen LogP contribution in [-0.2, 0) is 0 Å². The van der Waals surface area contributed by atoms with Gasteiger partial charge in [-0.25, -0.2) is 0 Å². The van der Waals surface area contributed by atoms with E-state index in [4.69, 9.17) is 16.2 Å². The number of aliphatic hydroxyl groups excluding tert-OH is 1. The number of thioether (sulfide) groups is 1. The Morgan fingerprint density at radius 2 is 1.47 bits per heavy atom. The molecule has 0 aromatic rings. The van der Waals surface area contributed by atoms with Crippen LogP contribution in [0.3, 0.4) is 0 Å². The Labute approximate surface area is 128 Å². The summed E-state index contributed by atoms with van der Waals surface area (Å²) in [5.74, 6) is 0.898. The van der Waals surface area contributed by atoms with E-state index >= 15 is 0 Å². The molecule has 0 atom stereocenters. The number of hydrogen-bond acceptors (Lipinski definition) is 4. The molecule has 0 aromatic carbocycles. The van der Waals surface area contributed by atoms with E-state index in [1.807, 2.05) is 13.8 Å². The van der Waals surface area contributed by atoms with Crippen molar-refractivity contribution in [3.63, 3.8) is 0 Å². The molecular weight excluding hydrogens is 348 g/mol. The zero-order valence-electron chi connectivity index (χ0n) is 10.4. The fourth-order valence-electron chi connectivity index (χ4n) is 0.156. The van der Waals surface area contributed by atoms with Gasteiger partial charge in [-0.05, 0) is 24.9 Å². The zero-order valence-corrected chi connectivity index (χ0v) is 14.4. The van der Waals surface area contributed by atoms with Crippen LogP contribution in [0.25, 0.3) is 0 Å². The number of halogens is 2. The summed E-state index contributed by atoms with van der Waals surface area (Å²) in [6.07, 6.45) is 0. The summed E-state index contributed by atoms with van der Waals surface area (Å²) in [6, 6.07) is 0. The maximum absolute atomic E-state index is 7.57. The molecule has 108 valence electrons. The van der Waals surface area contributed by atoms with Crippen LogP contribution in [0.4, 0.5) is 0 Å². The van der Waals surface area contributed by atoms with Gasteiger partial charge in [0.05, 0.1) is 0 Å². The van der Waals surface area contributed by atoms with Gasteiger partial charge < -0.3 is 22.3 Å². The van der Waals surface area contributed by atoms with Crippen molar-refractivity contribution in [1.29, 1.82) is 5.41 Å². The highest BCUT2D eigenvalue weighted by molar-refractivity contribution is 9.09. The molecule has 0 aliphatic heterocycles. The van der Waals surface area contributed by atoms with Gasteiger partial charge in [0.2, 0.25) is 0 Å². The lowest BCUT2D eigenvalue weighted by atomic mass is 10.9. The van der Waals surface area contributed by atoms with E-state index < -0.39 is 0 Å². The average Bonchev–Trinajstić information content (AvgIpc) is 2.04. The number of aliphatic hydroxyl groups is 1. The first-order chi connectivity index (χ1) is 7.33. The molecular formula is C8H24BrClN4OS2. The molecule has 0 saturated carbocycles. The summed E-state index contributed by atoms with van der Waals surface area (Å²) in [4.78, 5) is 0. The van der Waals surface area contributed by atoms with Crippen molar-refractivity contribution in [2.24, 2.45) is 17.2 Å². The Kier molecular flexibility index (Phi) is 64.2. The summed E-state index contributed by atoms with van der Waals surface area (Å²) in [7, 11) is 0. The van der Waals surface area contributed by atoms with Crippen LogP contribution >= 0.6 is 52.3 Å². The van der Waals surface area contributed by atoms with E-state index in [2.05, 4.69) is 39.6 Å². The summed E-state index contributed by atoms with van der Waals surface area (Å²) < 4.78 is 0. The first-order valence-corrected chi connectivity index (χ1v) is 7.03. The topological polar surface area (TPSA) is 122 Å². The number of rotatable bonds is 1. The fourth-order valence-corrected chi connectivity index (χ4v) is 0.467. The predicted octanol–water partition coefficient (Wildman–Crippen LogP) is 1.64. The molecule has 0 radical (unpaired) electrons. The Morgan fingerprint density at radius 1 is 1.29 bits per heavy atom. The molecule has 8 N–H and O–H groups in total. The second-order valence-corrected chi connectivity index (χ2v) is 4.68. The largest absolute Gasteiger partial charge is 0.397 e. The first-order valence-electron chi connectivity index (χ1n) is 4.52. The van der Waals surface area contributed by atoms with Gasteiger partial charge in [-0.2, -0.15) is 0 Å². The van der Waals surface area contributed by atoms with Crippen LogP contribution in [0.2, 0.25) is 0 Å². The summed E-state index contributed by atoms with van der Waals surface area (Å²) in [6.45, 7) is 5.94. The quantitative estimate of drug-likeness (QED) is 0.207. The molecule has 0 spiro atoms. The number of amidine groups is 1. The standard InChI is InChI=1S/C3H8N2S.C2H5Br.C2H6O.CH4N2S.ClH/c1-2-6-3(4)5;2*1-2-3;2-1(3)4;/h2H2,1H3,(H3,4,5);2H2,1H3;3H,2H2,1H3;(H4,2,3,4);1H. The molecule has 0 fully saturated rings. The maximum Gasteiger partial charge on any atom is 0.160 e. The lowest BCUT2D eigenvalue weighted by Gasteiger charge is -1.85. The van der Waals surface area contributed by atoms with Crippen molar-refractivity contribution in [2.45, 2.75) is 20.8 Å². The van der Waals surface area contributed by atoms with Crippen molar-refractivity contribution in [2.75, 3.05) is 17.7 Å². The molecule has 0 aliphatic rings. The average molecular weight is 372 g/mol. The minimum absolute atomic E-state index is 0. The third-order valence-corrected chi connectivity index (χ3v) is 0.900. The van der Waals surface area contributed by atoms with Crippen molar-refractivity contribution in [1.82, 2.24) is 0 Å². The molecule has 0 heterocycles. The predicted molar refractivity (Wildman–Crippen MR) is 90.5 cm³/mol. The smallest absolute Gasteiger partial charge is 0.160 e. The van der Waals surface area contributed by atoms with Crippen molar-refractivity contribution in [3.8, 4) is 0 Å². The second-order valence-electron chi connectivity index (χ2n) is 1.78. The molecule has 0 rings (SSSR count). The van der Waals surface area contributed by atoms with Gasteiger partial charge >= 0.3 is 0 Å². The number of alkyl halides is 1. The van der Waals surface area contributed by atoms with E-state index in [1.54, 1.807) is 6.92 Å². The Hall–Kier alpha value is 0.240. The fraction of sp³-hybridized carbons (Fsp3) is 0.750. The summed E-state index contributed by atoms with van der Waals surface area (Å²) in [5.41, 5.74) is 14.2. The highest BCUT2D eigenvalue weighted by atomic mass is 79.9.